The predicted molar refractivity (Wildman–Crippen MR) is 107 cm³/mol. The van der Waals surface area contributed by atoms with Crippen LogP contribution < -0.4 is 4.74 Å². The van der Waals surface area contributed by atoms with Crippen molar-refractivity contribution in [3.05, 3.63) is 102 Å². The molecule has 3 aromatic rings. The van der Waals surface area contributed by atoms with Gasteiger partial charge < -0.3 is 13.9 Å². The topological polar surface area (TPSA) is 78.1 Å². The molecule has 142 valence electrons. The molecule has 0 atom stereocenters. The Hall–Kier alpha value is -4.19. The first-order valence-corrected chi connectivity index (χ1v) is 8.79. The van der Waals surface area contributed by atoms with E-state index in [9.17, 15) is 9.59 Å². The number of hydrogen-bond donors (Lipinski definition) is 0. The van der Waals surface area contributed by atoms with Crippen LogP contribution in [0.4, 0.5) is 0 Å². The largest absolute Gasteiger partial charge is 0.459 e. The number of nitrogens with zero attached hydrogens (tertiary/aromatic N) is 1. The summed E-state index contributed by atoms with van der Waals surface area (Å²) in [6.07, 6.45) is 5.97. The van der Waals surface area contributed by atoms with Gasteiger partial charge in [-0.2, -0.15) is 0 Å². The number of benzene rings is 2. The maximum atomic E-state index is 12.2. The van der Waals surface area contributed by atoms with E-state index in [1.165, 1.54) is 18.4 Å². The van der Waals surface area contributed by atoms with Gasteiger partial charge in [0.05, 0.1) is 6.26 Å². The molecule has 2 aromatic carbocycles. The fourth-order valence-corrected chi connectivity index (χ4v) is 2.63. The van der Waals surface area contributed by atoms with Gasteiger partial charge in [-0.05, 0) is 35.9 Å². The number of aliphatic imine (C=N–C) groups is 1. The lowest BCUT2D eigenvalue weighted by Gasteiger charge is -2.05. The van der Waals surface area contributed by atoms with E-state index in [1.54, 1.807) is 42.5 Å². The van der Waals surface area contributed by atoms with Crippen LogP contribution in [0.2, 0.25) is 0 Å². The molecule has 2 heterocycles. The van der Waals surface area contributed by atoms with Crippen LogP contribution in [0.15, 0.2) is 94.2 Å². The first-order valence-electron chi connectivity index (χ1n) is 8.79. The SMILES string of the molecule is O=C(/C=C/c1ccccc1)Oc1ccccc1/C=C1/N=C(c2ccco2)OC1=O. The molecule has 0 spiro atoms. The van der Waals surface area contributed by atoms with Crippen molar-refractivity contribution < 1.29 is 23.5 Å². The molecule has 0 radical (unpaired) electrons. The second kappa shape index (κ2) is 8.22. The predicted octanol–water partition coefficient (Wildman–Crippen LogP) is 4.24. The number of cyclic esters (lactones) is 1. The molecule has 1 aromatic heterocycles. The molecule has 4 rings (SSSR count). The van der Waals surface area contributed by atoms with Crippen molar-refractivity contribution in [1.82, 2.24) is 0 Å². The molecule has 1 aliphatic heterocycles. The molecule has 0 fully saturated rings. The Kier molecular flexibility index (Phi) is 5.16. The van der Waals surface area contributed by atoms with Crippen LogP contribution in [0.3, 0.4) is 0 Å². The number of furan rings is 1. The average Bonchev–Trinajstić information content (AvgIpc) is 3.39. The Balaban J connectivity index is 1.54. The monoisotopic (exact) mass is 385 g/mol. The fourth-order valence-electron chi connectivity index (χ4n) is 2.63. The van der Waals surface area contributed by atoms with E-state index in [4.69, 9.17) is 13.9 Å². The summed E-state index contributed by atoms with van der Waals surface area (Å²) in [4.78, 5) is 28.5. The number of carbonyl (C=O) groups is 2. The van der Waals surface area contributed by atoms with Gasteiger partial charge in [0.15, 0.2) is 11.5 Å². The summed E-state index contributed by atoms with van der Waals surface area (Å²) in [6.45, 7) is 0. The van der Waals surface area contributed by atoms with Crippen LogP contribution in [0.1, 0.15) is 16.9 Å². The highest BCUT2D eigenvalue weighted by molar-refractivity contribution is 6.12. The molecule has 0 amide bonds. The maximum absolute atomic E-state index is 12.2. The molecule has 29 heavy (non-hydrogen) atoms. The van der Waals surface area contributed by atoms with Gasteiger partial charge in [0.25, 0.3) is 5.90 Å². The van der Waals surface area contributed by atoms with E-state index >= 15 is 0 Å². The van der Waals surface area contributed by atoms with Gasteiger partial charge in [0.1, 0.15) is 5.75 Å². The van der Waals surface area contributed by atoms with Crippen molar-refractivity contribution >= 4 is 30.0 Å². The summed E-state index contributed by atoms with van der Waals surface area (Å²) >= 11 is 0. The van der Waals surface area contributed by atoms with Crippen LogP contribution in [0.5, 0.6) is 5.75 Å². The van der Waals surface area contributed by atoms with Crippen molar-refractivity contribution in [3.63, 3.8) is 0 Å². The lowest BCUT2D eigenvalue weighted by molar-refractivity contribution is -0.130. The molecular weight excluding hydrogens is 370 g/mol. The third kappa shape index (κ3) is 4.39. The Labute approximate surface area is 166 Å². The number of carbonyl (C=O) groups excluding carboxylic acids is 2. The van der Waals surface area contributed by atoms with Crippen molar-refractivity contribution in [2.45, 2.75) is 0 Å². The molecule has 1 aliphatic rings. The third-order valence-electron chi connectivity index (χ3n) is 3.99. The highest BCUT2D eigenvalue weighted by Crippen LogP contribution is 2.25. The van der Waals surface area contributed by atoms with Gasteiger partial charge in [0, 0.05) is 11.6 Å². The van der Waals surface area contributed by atoms with Crippen LogP contribution in [0, 0.1) is 0 Å². The van der Waals surface area contributed by atoms with Crippen molar-refractivity contribution in [2.75, 3.05) is 0 Å². The van der Waals surface area contributed by atoms with Crippen molar-refractivity contribution in [3.8, 4) is 5.75 Å². The van der Waals surface area contributed by atoms with Crippen LogP contribution in [0.25, 0.3) is 12.2 Å². The Morgan fingerprint density at radius 2 is 1.76 bits per heavy atom. The number of rotatable bonds is 5. The van der Waals surface area contributed by atoms with Gasteiger partial charge in [-0.25, -0.2) is 14.6 Å². The number of ether oxygens (including phenoxy) is 2. The summed E-state index contributed by atoms with van der Waals surface area (Å²) in [7, 11) is 0. The third-order valence-corrected chi connectivity index (χ3v) is 3.99. The van der Waals surface area contributed by atoms with Crippen molar-refractivity contribution in [1.29, 1.82) is 0 Å². The summed E-state index contributed by atoms with van der Waals surface area (Å²) in [5.41, 5.74) is 1.48. The minimum Gasteiger partial charge on any atom is -0.459 e. The van der Waals surface area contributed by atoms with Gasteiger partial charge >= 0.3 is 11.9 Å². The molecule has 0 aliphatic carbocycles. The molecule has 6 nitrogen and oxygen atoms in total. The van der Waals surface area contributed by atoms with Gasteiger partial charge in [-0.15, -0.1) is 0 Å². The lowest BCUT2D eigenvalue weighted by atomic mass is 10.1. The average molecular weight is 385 g/mol. The van der Waals surface area contributed by atoms with E-state index < -0.39 is 11.9 Å². The Morgan fingerprint density at radius 1 is 0.966 bits per heavy atom. The maximum Gasteiger partial charge on any atom is 0.363 e. The van der Waals surface area contributed by atoms with Gasteiger partial charge in [-0.3, -0.25) is 0 Å². The molecule has 6 heteroatoms. The summed E-state index contributed by atoms with van der Waals surface area (Å²) < 4.78 is 15.7. The molecule has 0 unspecified atom stereocenters. The number of para-hydroxylation sites is 1. The summed E-state index contributed by atoms with van der Waals surface area (Å²) in [5, 5.41) is 0. The van der Waals surface area contributed by atoms with Crippen molar-refractivity contribution in [2.24, 2.45) is 4.99 Å². The zero-order chi connectivity index (χ0) is 20.1. The highest BCUT2D eigenvalue weighted by Gasteiger charge is 2.26. The highest BCUT2D eigenvalue weighted by atomic mass is 16.6. The molecular formula is C23H15NO5. The first kappa shape index (κ1) is 18.2. The van der Waals surface area contributed by atoms with Crippen LogP contribution in [-0.4, -0.2) is 17.8 Å². The lowest BCUT2D eigenvalue weighted by Crippen LogP contribution is -2.05. The zero-order valence-corrected chi connectivity index (χ0v) is 15.1. The van der Waals surface area contributed by atoms with E-state index in [2.05, 4.69) is 4.99 Å². The second-order valence-electron chi connectivity index (χ2n) is 6.02. The minimum atomic E-state index is -0.610. The van der Waals surface area contributed by atoms with E-state index in [0.29, 0.717) is 17.1 Å². The van der Waals surface area contributed by atoms with Crippen LogP contribution >= 0.6 is 0 Å². The fraction of sp³-hybridized carbons (Fsp3) is 0. The Morgan fingerprint density at radius 3 is 2.55 bits per heavy atom. The Bertz CT molecular complexity index is 1130. The first-order chi connectivity index (χ1) is 14.2. The molecule has 0 N–H and O–H groups in total. The van der Waals surface area contributed by atoms with E-state index in [1.807, 2.05) is 30.3 Å². The van der Waals surface area contributed by atoms with Gasteiger partial charge in [-0.1, -0.05) is 48.5 Å². The molecule has 0 saturated heterocycles. The minimum absolute atomic E-state index is 0.0831. The number of esters is 2. The zero-order valence-electron chi connectivity index (χ0n) is 15.1. The van der Waals surface area contributed by atoms with E-state index in [-0.39, 0.29) is 11.6 Å². The number of hydrogen-bond acceptors (Lipinski definition) is 6. The normalized spacial score (nSPS) is 14.8. The van der Waals surface area contributed by atoms with Gasteiger partial charge in [0.2, 0.25) is 0 Å². The van der Waals surface area contributed by atoms with E-state index in [0.717, 1.165) is 5.56 Å². The second-order valence-corrected chi connectivity index (χ2v) is 6.02. The summed E-state index contributed by atoms with van der Waals surface area (Å²) in [6, 6.07) is 19.6. The molecule has 0 bridgehead atoms. The standard InChI is InChI=1S/C23H15NO5/c25-21(13-12-16-7-2-1-3-8-16)28-19-10-5-4-9-17(19)15-18-23(26)29-22(24-18)20-11-6-14-27-20/h1-15H/b13-12+,18-15+. The van der Waals surface area contributed by atoms with Crippen LogP contribution in [-0.2, 0) is 14.3 Å². The smallest absolute Gasteiger partial charge is 0.363 e. The summed E-state index contributed by atoms with van der Waals surface area (Å²) in [5.74, 6) is -0.397. The molecule has 0 saturated carbocycles. The quantitative estimate of drug-likeness (QED) is 0.373.